The van der Waals surface area contributed by atoms with Crippen molar-refractivity contribution in [2.75, 3.05) is 0 Å². The first-order valence-electron chi connectivity index (χ1n) is 7.19. The number of halogens is 4. The second-order valence-corrected chi connectivity index (χ2v) is 7.63. The monoisotopic (exact) mass is 394 g/mol. The number of rotatable bonds is 0. The normalized spacial score (nSPS) is 14.2. The maximum absolute atomic E-state index is 14.2. The lowest BCUT2D eigenvalue weighted by atomic mass is 10.1. The second kappa shape index (κ2) is 4.92. The Morgan fingerprint density at radius 2 is 1.04 bits per heavy atom. The highest BCUT2D eigenvalue weighted by Gasteiger charge is 2.24. The second-order valence-electron chi connectivity index (χ2n) is 5.69. The Hall–Kier alpha value is -2.72. The third-order valence-corrected chi connectivity index (χ3v) is 6.48. The number of benzene rings is 1. The first kappa shape index (κ1) is 15.5. The minimum Gasteiger partial charge on any atom is -0.323 e. The molecule has 5 aromatic rings. The van der Waals surface area contributed by atoms with Crippen LogP contribution in [0.1, 0.15) is 0 Å². The Morgan fingerprint density at radius 1 is 0.654 bits per heavy atom. The summed E-state index contributed by atoms with van der Waals surface area (Å²) in [5, 5.41) is 7.34. The van der Waals surface area contributed by atoms with Crippen LogP contribution in [0.2, 0.25) is 0 Å². The van der Waals surface area contributed by atoms with Crippen LogP contribution in [0.5, 0.6) is 0 Å². The number of nitrogens with zero attached hydrogens (tertiary/aromatic N) is 2. The van der Waals surface area contributed by atoms with Crippen LogP contribution in [0.4, 0.5) is 17.6 Å². The molecule has 10 heteroatoms. The van der Waals surface area contributed by atoms with Crippen molar-refractivity contribution in [2.45, 2.75) is 0 Å². The van der Waals surface area contributed by atoms with Gasteiger partial charge in [-0.3, -0.25) is 0 Å². The molecule has 0 unspecified atom stereocenters. The molecule has 0 amide bonds. The van der Waals surface area contributed by atoms with Gasteiger partial charge in [0, 0.05) is 21.5 Å². The van der Waals surface area contributed by atoms with E-state index in [9.17, 15) is 17.6 Å². The standard InChI is InChI=1S/C16H6F4N4S2/c17-9-7-11(23-21)3-1-5-4(2-6(3)14(7)26-16(9)20)12(24-22)8-10(18)15(19)25-13(5)8/h1-2H,21-22H2/b23-11-,24-12-. The predicted molar refractivity (Wildman–Crippen MR) is 93.9 cm³/mol. The molecule has 130 valence electrons. The highest BCUT2D eigenvalue weighted by molar-refractivity contribution is 7.19. The van der Waals surface area contributed by atoms with Gasteiger partial charge >= 0.3 is 0 Å². The van der Waals surface area contributed by atoms with Gasteiger partial charge in [0.05, 0.1) is 20.2 Å². The number of hydrogen-bond acceptors (Lipinski definition) is 6. The van der Waals surface area contributed by atoms with Crippen LogP contribution in [0.15, 0.2) is 22.3 Å². The van der Waals surface area contributed by atoms with Crippen molar-refractivity contribution in [3.05, 3.63) is 44.7 Å². The van der Waals surface area contributed by atoms with E-state index >= 15 is 0 Å². The summed E-state index contributed by atoms with van der Waals surface area (Å²) < 4.78 is 56.4. The van der Waals surface area contributed by atoms with Crippen LogP contribution in [0, 0.1) is 21.9 Å². The first-order chi connectivity index (χ1) is 12.5. The van der Waals surface area contributed by atoms with E-state index in [0.29, 0.717) is 53.6 Å². The molecule has 4 N–H and O–H groups in total. The molecule has 0 aliphatic carbocycles. The van der Waals surface area contributed by atoms with Crippen molar-refractivity contribution in [3.63, 3.8) is 0 Å². The van der Waals surface area contributed by atoms with Gasteiger partial charge in [-0.25, -0.2) is 8.78 Å². The highest BCUT2D eigenvalue weighted by Crippen LogP contribution is 2.39. The summed E-state index contributed by atoms with van der Waals surface area (Å²) >= 11 is 1.26. The molecule has 26 heavy (non-hydrogen) atoms. The maximum atomic E-state index is 14.2. The van der Waals surface area contributed by atoms with Crippen LogP contribution < -0.4 is 22.4 Å². The number of fused-ring (bicyclic) bond motifs is 6. The lowest BCUT2D eigenvalue weighted by molar-refractivity contribution is 0.537. The fourth-order valence-corrected chi connectivity index (χ4v) is 5.35. The molecule has 0 fully saturated rings. The highest BCUT2D eigenvalue weighted by atomic mass is 32.1. The smallest absolute Gasteiger partial charge is 0.213 e. The van der Waals surface area contributed by atoms with Crippen molar-refractivity contribution in [2.24, 2.45) is 21.9 Å². The minimum atomic E-state index is -1.02. The Morgan fingerprint density at radius 3 is 1.38 bits per heavy atom. The summed E-state index contributed by atoms with van der Waals surface area (Å²) in [5.41, 5.74) is 0. The SMILES string of the molecule is N/N=c1/c2cc3c(cc2c2sc(F)c(F)c12)/c(=N/N)c1c(F)c(F)sc13. The van der Waals surface area contributed by atoms with Gasteiger partial charge in [0.2, 0.25) is 10.3 Å². The molecule has 0 saturated heterocycles. The summed E-state index contributed by atoms with van der Waals surface area (Å²) in [5.74, 6) is 8.77. The molecule has 5 rings (SSSR count). The van der Waals surface area contributed by atoms with Gasteiger partial charge in [-0.2, -0.15) is 19.0 Å². The third kappa shape index (κ3) is 1.63. The van der Waals surface area contributed by atoms with E-state index in [2.05, 4.69) is 10.2 Å². The Balaban J connectivity index is 2.14. The Labute approximate surface area is 148 Å². The molecule has 0 spiro atoms. The number of thiophene rings is 2. The molecule has 0 aliphatic rings. The van der Waals surface area contributed by atoms with E-state index in [1.165, 1.54) is 0 Å². The minimum absolute atomic E-state index is 0.0105. The summed E-state index contributed by atoms with van der Waals surface area (Å²) in [6, 6.07) is 3.21. The molecule has 2 heterocycles. The Kier molecular flexibility index (Phi) is 2.94. The van der Waals surface area contributed by atoms with Gasteiger partial charge < -0.3 is 11.7 Å². The molecule has 0 atom stereocenters. The van der Waals surface area contributed by atoms with Gasteiger partial charge in [-0.15, -0.1) is 22.7 Å². The molecule has 4 nitrogen and oxygen atoms in total. The van der Waals surface area contributed by atoms with Gasteiger partial charge in [0.15, 0.2) is 11.6 Å². The average molecular weight is 394 g/mol. The lowest BCUT2D eigenvalue weighted by Crippen LogP contribution is -2.05. The van der Waals surface area contributed by atoms with Crippen molar-refractivity contribution >= 4 is 64.4 Å². The fraction of sp³-hybridized carbons (Fsp3) is 0. The Bertz CT molecular complexity index is 1390. The largest absolute Gasteiger partial charge is 0.323 e. The molecular weight excluding hydrogens is 388 g/mol. The number of hydrogen-bond donors (Lipinski definition) is 2. The zero-order valence-corrected chi connectivity index (χ0v) is 14.2. The van der Waals surface area contributed by atoms with Gasteiger partial charge in [0.1, 0.15) is 10.7 Å². The third-order valence-electron chi connectivity index (χ3n) is 4.51. The number of nitrogens with two attached hydrogens (primary N) is 2. The lowest BCUT2D eigenvalue weighted by Gasteiger charge is -1.94. The van der Waals surface area contributed by atoms with Crippen LogP contribution in [0.3, 0.4) is 0 Å². The molecule has 3 aromatic carbocycles. The van der Waals surface area contributed by atoms with Crippen molar-refractivity contribution in [1.82, 2.24) is 0 Å². The first-order valence-corrected chi connectivity index (χ1v) is 8.82. The van der Waals surface area contributed by atoms with E-state index in [4.69, 9.17) is 11.7 Å². The van der Waals surface area contributed by atoms with E-state index in [1.807, 2.05) is 0 Å². The van der Waals surface area contributed by atoms with Gasteiger partial charge in [-0.05, 0) is 12.1 Å². The summed E-state index contributed by atoms with van der Waals surface area (Å²) in [7, 11) is 0. The molecule has 0 saturated carbocycles. The zero-order chi connectivity index (χ0) is 18.3. The van der Waals surface area contributed by atoms with E-state index in [-0.39, 0.29) is 21.5 Å². The van der Waals surface area contributed by atoms with Crippen molar-refractivity contribution < 1.29 is 17.6 Å². The molecule has 2 aromatic heterocycles. The molecule has 0 aliphatic heterocycles. The molecule has 0 bridgehead atoms. The maximum Gasteiger partial charge on any atom is 0.213 e. The van der Waals surface area contributed by atoms with Gasteiger partial charge in [0.25, 0.3) is 0 Å². The zero-order valence-electron chi connectivity index (χ0n) is 12.5. The van der Waals surface area contributed by atoms with Crippen LogP contribution >= 0.6 is 22.7 Å². The summed E-state index contributed by atoms with van der Waals surface area (Å²) in [6.45, 7) is 0. The van der Waals surface area contributed by atoms with E-state index in [1.54, 1.807) is 12.1 Å². The van der Waals surface area contributed by atoms with Crippen molar-refractivity contribution in [3.8, 4) is 0 Å². The summed E-state index contributed by atoms with van der Waals surface area (Å²) in [6.07, 6.45) is 0. The van der Waals surface area contributed by atoms with Crippen LogP contribution in [0.25, 0.3) is 41.7 Å². The average Bonchev–Trinajstić information content (AvgIpc) is 3.28. The quantitative estimate of drug-likeness (QED) is 0.240. The topological polar surface area (TPSA) is 76.8 Å². The fourth-order valence-electron chi connectivity index (χ4n) is 3.47. The molecular formula is C16H6F4N4S2. The van der Waals surface area contributed by atoms with Gasteiger partial charge in [-0.1, -0.05) is 0 Å². The van der Waals surface area contributed by atoms with Crippen molar-refractivity contribution in [1.29, 1.82) is 0 Å². The van der Waals surface area contributed by atoms with Crippen LogP contribution in [-0.2, 0) is 0 Å². The summed E-state index contributed by atoms with van der Waals surface area (Å²) in [4.78, 5) is 0. The van der Waals surface area contributed by atoms with Crippen LogP contribution in [-0.4, -0.2) is 0 Å². The van der Waals surface area contributed by atoms with E-state index < -0.39 is 21.9 Å². The predicted octanol–water partition coefficient (Wildman–Crippen LogP) is 3.40. The molecule has 0 radical (unpaired) electrons. The van der Waals surface area contributed by atoms with E-state index in [0.717, 1.165) is 0 Å².